The molecule has 3 aromatic rings. The second kappa shape index (κ2) is 7.11. The average molecular weight is 372 g/mol. The third-order valence-electron chi connectivity index (χ3n) is 3.14. The number of nitrogens with zero attached hydrogens (tertiary/aromatic N) is 1. The van der Waals surface area contributed by atoms with Gasteiger partial charge >= 0.3 is 0 Å². The van der Waals surface area contributed by atoms with E-state index in [0.717, 1.165) is 15.9 Å². The summed E-state index contributed by atoms with van der Waals surface area (Å²) in [5, 5.41) is 5.96. The van der Waals surface area contributed by atoms with E-state index < -0.39 is 0 Å². The van der Waals surface area contributed by atoms with Crippen LogP contribution in [0.5, 0.6) is 0 Å². The minimum absolute atomic E-state index is 0.199. The maximum Gasteiger partial charge on any atom is 0.256 e. The van der Waals surface area contributed by atoms with E-state index in [9.17, 15) is 4.79 Å². The van der Waals surface area contributed by atoms with Crippen molar-refractivity contribution < 1.29 is 9.21 Å². The highest BCUT2D eigenvalue weighted by atomic mass is 79.9. The van der Waals surface area contributed by atoms with Gasteiger partial charge in [0, 0.05) is 10.0 Å². The molecule has 0 aliphatic heterocycles. The van der Waals surface area contributed by atoms with Gasteiger partial charge in [0.2, 0.25) is 0 Å². The maximum atomic E-state index is 12.1. The monoisotopic (exact) mass is 371 g/mol. The topological polar surface area (TPSA) is 67.2 Å². The van der Waals surface area contributed by atoms with Crippen molar-refractivity contribution in [3.05, 3.63) is 76.8 Å². The maximum absolute atomic E-state index is 12.1. The van der Waals surface area contributed by atoms with Crippen LogP contribution in [0.25, 0.3) is 0 Å². The molecule has 5 nitrogen and oxygen atoms in total. The van der Waals surface area contributed by atoms with E-state index in [0.29, 0.717) is 17.9 Å². The second-order valence-corrected chi connectivity index (χ2v) is 5.75. The number of nitrogens with one attached hydrogen (secondary N) is 2. The number of carbonyl (C=O) groups excluding carboxylic acids is 1. The summed E-state index contributed by atoms with van der Waals surface area (Å²) in [6.45, 7) is 0.582. The lowest BCUT2D eigenvalue weighted by molar-refractivity contribution is 0.102. The molecule has 0 fully saturated rings. The molecule has 23 heavy (non-hydrogen) atoms. The zero-order valence-corrected chi connectivity index (χ0v) is 13.7. The molecule has 0 atom stereocenters. The van der Waals surface area contributed by atoms with Crippen LogP contribution < -0.4 is 10.6 Å². The minimum Gasteiger partial charge on any atom is -0.467 e. The van der Waals surface area contributed by atoms with Crippen LogP contribution in [-0.4, -0.2) is 10.9 Å². The van der Waals surface area contributed by atoms with Crippen LogP contribution in [-0.2, 0) is 6.54 Å². The fourth-order valence-corrected chi connectivity index (χ4v) is 2.39. The summed E-state index contributed by atoms with van der Waals surface area (Å²) < 4.78 is 6.10. The smallest absolute Gasteiger partial charge is 0.256 e. The van der Waals surface area contributed by atoms with Gasteiger partial charge in [-0.3, -0.25) is 4.79 Å². The number of furan rings is 1. The Morgan fingerprint density at radius 1 is 1.17 bits per heavy atom. The van der Waals surface area contributed by atoms with Gasteiger partial charge in [-0.25, -0.2) is 4.98 Å². The molecule has 0 saturated carbocycles. The van der Waals surface area contributed by atoms with Gasteiger partial charge in [0.05, 0.1) is 24.7 Å². The molecule has 2 aromatic heterocycles. The van der Waals surface area contributed by atoms with Crippen molar-refractivity contribution in [2.24, 2.45) is 0 Å². The van der Waals surface area contributed by atoms with E-state index in [1.807, 2.05) is 30.3 Å². The summed E-state index contributed by atoms with van der Waals surface area (Å²) in [4.78, 5) is 16.4. The molecular formula is C17H14BrN3O2. The standard InChI is InChI=1S/C17H14BrN3O2/c18-13-4-1-3-12(9-13)17(22)21-16-7-6-14(10-20-16)19-11-15-5-2-8-23-15/h1-10,19H,11H2,(H,20,21,22). The normalized spacial score (nSPS) is 10.3. The Morgan fingerprint density at radius 3 is 2.78 bits per heavy atom. The van der Waals surface area contributed by atoms with Gasteiger partial charge < -0.3 is 15.1 Å². The molecule has 0 aliphatic carbocycles. The summed E-state index contributed by atoms with van der Waals surface area (Å²) in [6.07, 6.45) is 3.30. The van der Waals surface area contributed by atoms with Crippen LogP contribution in [0.3, 0.4) is 0 Å². The average Bonchev–Trinajstić information content (AvgIpc) is 3.08. The minimum atomic E-state index is -0.199. The second-order valence-electron chi connectivity index (χ2n) is 4.83. The lowest BCUT2D eigenvalue weighted by atomic mass is 10.2. The van der Waals surface area contributed by atoms with Crippen LogP contribution in [0, 0.1) is 0 Å². The zero-order chi connectivity index (χ0) is 16.1. The van der Waals surface area contributed by atoms with Gasteiger partial charge in [0.25, 0.3) is 5.91 Å². The molecule has 0 radical (unpaired) electrons. The van der Waals surface area contributed by atoms with Gasteiger partial charge in [0.1, 0.15) is 11.6 Å². The summed E-state index contributed by atoms with van der Waals surface area (Å²) in [7, 11) is 0. The Morgan fingerprint density at radius 2 is 2.09 bits per heavy atom. The van der Waals surface area contributed by atoms with Crippen molar-refractivity contribution in [3.63, 3.8) is 0 Å². The first-order chi connectivity index (χ1) is 11.2. The molecular weight excluding hydrogens is 358 g/mol. The van der Waals surface area contributed by atoms with Crippen LogP contribution >= 0.6 is 15.9 Å². The fourth-order valence-electron chi connectivity index (χ4n) is 1.99. The van der Waals surface area contributed by atoms with Gasteiger partial charge in [-0.15, -0.1) is 0 Å². The van der Waals surface area contributed by atoms with E-state index in [-0.39, 0.29) is 5.91 Å². The fraction of sp³-hybridized carbons (Fsp3) is 0.0588. The highest BCUT2D eigenvalue weighted by Gasteiger charge is 2.07. The van der Waals surface area contributed by atoms with Crippen molar-refractivity contribution in [1.82, 2.24) is 4.98 Å². The van der Waals surface area contributed by atoms with Crippen molar-refractivity contribution in [2.75, 3.05) is 10.6 Å². The third-order valence-corrected chi connectivity index (χ3v) is 3.63. The molecule has 3 rings (SSSR count). The Labute approximate surface area is 141 Å². The Balaban J connectivity index is 1.59. The molecule has 0 spiro atoms. The van der Waals surface area contributed by atoms with Crippen molar-refractivity contribution in [1.29, 1.82) is 0 Å². The molecule has 0 aliphatic rings. The molecule has 0 bridgehead atoms. The largest absolute Gasteiger partial charge is 0.467 e. The van der Waals surface area contributed by atoms with Gasteiger partial charge in [0.15, 0.2) is 0 Å². The van der Waals surface area contributed by atoms with Crippen LogP contribution in [0.1, 0.15) is 16.1 Å². The van der Waals surface area contributed by atoms with Gasteiger partial charge in [-0.05, 0) is 42.5 Å². The molecule has 116 valence electrons. The molecule has 0 unspecified atom stereocenters. The summed E-state index contributed by atoms with van der Waals surface area (Å²) >= 11 is 3.35. The number of benzene rings is 1. The number of amides is 1. The molecule has 2 heterocycles. The number of rotatable bonds is 5. The number of hydrogen-bond donors (Lipinski definition) is 2. The molecule has 6 heteroatoms. The summed E-state index contributed by atoms with van der Waals surface area (Å²) in [6, 6.07) is 14.5. The molecule has 1 aromatic carbocycles. The molecule has 1 amide bonds. The van der Waals surface area contributed by atoms with Crippen LogP contribution in [0.4, 0.5) is 11.5 Å². The number of carbonyl (C=O) groups is 1. The van der Waals surface area contributed by atoms with E-state index in [2.05, 4.69) is 31.5 Å². The van der Waals surface area contributed by atoms with Crippen molar-refractivity contribution >= 4 is 33.3 Å². The first-order valence-electron chi connectivity index (χ1n) is 7.00. The number of aromatic nitrogens is 1. The lowest BCUT2D eigenvalue weighted by Gasteiger charge is -2.07. The number of halogens is 1. The molecule has 0 saturated heterocycles. The van der Waals surface area contributed by atoms with Crippen LogP contribution in [0.15, 0.2) is 69.9 Å². The van der Waals surface area contributed by atoms with E-state index in [1.54, 1.807) is 30.7 Å². The predicted octanol–water partition coefficient (Wildman–Crippen LogP) is 4.30. The summed E-state index contributed by atoms with van der Waals surface area (Å²) in [5.41, 5.74) is 1.42. The van der Waals surface area contributed by atoms with Crippen molar-refractivity contribution in [3.8, 4) is 0 Å². The first kappa shape index (κ1) is 15.3. The van der Waals surface area contributed by atoms with Crippen LogP contribution in [0.2, 0.25) is 0 Å². The Hall–Kier alpha value is -2.60. The lowest BCUT2D eigenvalue weighted by Crippen LogP contribution is -2.12. The zero-order valence-electron chi connectivity index (χ0n) is 12.1. The predicted molar refractivity (Wildman–Crippen MR) is 92.4 cm³/mol. The van der Waals surface area contributed by atoms with Crippen molar-refractivity contribution in [2.45, 2.75) is 6.54 Å². The number of hydrogen-bond acceptors (Lipinski definition) is 4. The van der Waals surface area contributed by atoms with E-state index in [4.69, 9.17) is 4.42 Å². The Kier molecular flexibility index (Phi) is 4.73. The highest BCUT2D eigenvalue weighted by molar-refractivity contribution is 9.10. The van der Waals surface area contributed by atoms with Gasteiger partial charge in [-0.1, -0.05) is 22.0 Å². The third kappa shape index (κ3) is 4.20. The quantitative estimate of drug-likeness (QED) is 0.701. The highest BCUT2D eigenvalue weighted by Crippen LogP contribution is 2.15. The number of pyridine rings is 1. The van der Waals surface area contributed by atoms with E-state index >= 15 is 0 Å². The number of anilines is 2. The van der Waals surface area contributed by atoms with Gasteiger partial charge in [-0.2, -0.15) is 0 Å². The first-order valence-corrected chi connectivity index (χ1v) is 7.79. The summed E-state index contributed by atoms with van der Waals surface area (Å²) in [5.74, 6) is 1.14. The SMILES string of the molecule is O=C(Nc1ccc(NCc2ccco2)cn1)c1cccc(Br)c1. The molecule has 2 N–H and O–H groups in total. The van der Waals surface area contributed by atoms with E-state index in [1.165, 1.54) is 0 Å². The Bertz CT molecular complexity index is 786.